The first-order chi connectivity index (χ1) is 13.1. The van der Waals surface area contributed by atoms with Crippen LogP contribution in [0.5, 0.6) is 0 Å². The molecule has 2 rings (SSSR count). The molecule has 0 saturated carbocycles. The number of halogens is 1. The van der Waals surface area contributed by atoms with E-state index in [0.717, 1.165) is 20.5 Å². The van der Waals surface area contributed by atoms with Crippen LogP contribution in [-0.2, 0) is 24.3 Å². The number of carbonyl (C=O) groups is 2. The number of aryl methyl sites for hydroxylation is 2. The lowest BCUT2D eigenvalue weighted by atomic mass is 10.2. The molecule has 0 fully saturated rings. The molecule has 28 heavy (non-hydrogen) atoms. The van der Waals surface area contributed by atoms with Gasteiger partial charge < -0.3 is 10.1 Å². The second kappa shape index (κ2) is 9.55. The van der Waals surface area contributed by atoms with E-state index >= 15 is 0 Å². The quantitative estimate of drug-likeness (QED) is 0.458. The predicted octanol–water partition coefficient (Wildman–Crippen LogP) is 2.99. The fourth-order valence-corrected chi connectivity index (χ4v) is 4.04. The fourth-order valence-electron chi connectivity index (χ4n) is 2.16. The van der Waals surface area contributed by atoms with Gasteiger partial charge in [0.2, 0.25) is 10.0 Å². The molecular weight excluding hydrogens is 468 g/mol. The van der Waals surface area contributed by atoms with Crippen molar-refractivity contribution < 1.29 is 22.7 Å². The number of nitrogens with two attached hydrogens (primary N) is 1. The summed E-state index contributed by atoms with van der Waals surface area (Å²) in [5, 5.41) is 7.52. The van der Waals surface area contributed by atoms with Gasteiger partial charge in [-0.05, 0) is 61.4 Å². The molecule has 3 N–H and O–H groups in total. The molecule has 0 saturated heterocycles. The summed E-state index contributed by atoms with van der Waals surface area (Å²) >= 11 is 4.80. The van der Waals surface area contributed by atoms with Crippen LogP contribution < -0.4 is 10.5 Å². The van der Waals surface area contributed by atoms with Crippen LogP contribution in [0, 0.1) is 13.8 Å². The van der Waals surface area contributed by atoms with E-state index in [-0.39, 0.29) is 10.6 Å². The number of benzene rings is 2. The van der Waals surface area contributed by atoms with Gasteiger partial charge in [-0.2, -0.15) is 0 Å². The first kappa shape index (κ1) is 22.4. The Kier molecular flexibility index (Phi) is 7.64. The van der Waals surface area contributed by atoms with Gasteiger partial charge in [-0.3, -0.25) is 9.59 Å². The van der Waals surface area contributed by atoms with Crippen molar-refractivity contribution in [1.82, 2.24) is 0 Å². The van der Waals surface area contributed by atoms with E-state index in [4.69, 9.17) is 9.88 Å². The lowest BCUT2D eigenvalue weighted by Crippen LogP contribution is -2.21. The minimum Gasteiger partial charge on any atom is -0.455 e. The summed E-state index contributed by atoms with van der Waals surface area (Å²) in [6, 6.07) is 9.31. The average molecular weight is 487 g/mol. The molecule has 1 amide bonds. The van der Waals surface area contributed by atoms with Crippen LogP contribution in [0.4, 0.5) is 5.69 Å². The Hall–Kier alpha value is -1.88. The molecule has 0 spiro atoms. The number of ether oxygens (including phenoxy) is 1. The molecule has 0 aliphatic carbocycles. The van der Waals surface area contributed by atoms with Crippen molar-refractivity contribution in [1.29, 1.82) is 0 Å². The summed E-state index contributed by atoms with van der Waals surface area (Å²) < 4.78 is 28.4. The topological polar surface area (TPSA) is 116 Å². The van der Waals surface area contributed by atoms with Crippen molar-refractivity contribution in [2.75, 3.05) is 17.7 Å². The van der Waals surface area contributed by atoms with Crippen LogP contribution >= 0.6 is 27.7 Å². The maximum absolute atomic E-state index is 11.9. The molecule has 2 aromatic carbocycles. The maximum atomic E-state index is 11.9. The average Bonchev–Trinajstić information content (AvgIpc) is 2.61. The molecule has 0 radical (unpaired) electrons. The highest BCUT2D eigenvalue weighted by molar-refractivity contribution is 9.10. The van der Waals surface area contributed by atoms with Gasteiger partial charge in [0.1, 0.15) is 0 Å². The smallest absolute Gasteiger partial charge is 0.316 e. The third-order valence-corrected chi connectivity index (χ3v) is 6.55. The Bertz CT molecular complexity index is 992. The molecule has 0 bridgehead atoms. The van der Waals surface area contributed by atoms with E-state index in [0.29, 0.717) is 5.69 Å². The zero-order valence-electron chi connectivity index (χ0n) is 15.2. The number of anilines is 1. The molecule has 2 aromatic rings. The first-order valence-corrected chi connectivity index (χ1v) is 11.4. The third kappa shape index (κ3) is 6.62. The summed E-state index contributed by atoms with van der Waals surface area (Å²) in [5.41, 5.74) is 2.47. The highest BCUT2D eigenvalue weighted by Crippen LogP contribution is 2.28. The van der Waals surface area contributed by atoms with E-state index in [1.165, 1.54) is 36.0 Å². The number of nitrogens with one attached hydrogen (secondary N) is 1. The Morgan fingerprint density at radius 3 is 2.39 bits per heavy atom. The van der Waals surface area contributed by atoms with Gasteiger partial charge in [-0.25, -0.2) is 13.6 Å². The number of thioether (sulfide) groups is 1. The molecule has 0 aliphatic rings. The van der Waals surface area contributed by atoms with Gasteiger partial charge >= 0.3 is 5.97 Å². The Morgan fingerprint density at radius 2 is 1.79 bits per heavy atom. The standard InChI is InChI=1S/C18H19BrN2O5S2/c1-11-8-16(12(2)7-15(11)19)27-10-18(23)26-9-17(22)21-13-3-5-14(6-4-13)28(20,24)25/h3-8H,9-10H2,1-2H3,(H,21,22)(H2,20,24,25). The second-order valence-corrected chi connectivity index (χ2v) is 9.37. The summed E-state index contributed by atoms with van der Waals surface area (Å²) in [6.07, 6.45) is 0. The number of amides is 1. The molecule has 0 heterocycles. The highest BCUT2D eigenvalue weighted by Gasteiger charge is 2.12. The van der Waals surface area contributed by atoms with Gasteiger partial charge in [-0.15, -0.1) is 11.8 Å². The molecule has 0 unspecified atom stereocenters. The van der Waals surface area contributed by atoms with E-state index in [9.17, 15) is 18.0 Å². The summed E-state index contributed by atoms with van der Waals surface area (Å²) in [4.78, 5) is 24.7. The van der Waals surface area contributed by atoms with E-state index in [1.54, 1.807) is 0 Å². The number of esters is 1. The Labute approximate surface area is 176 Å². The van der Waals surface area contributed by atoms with Crippen molar-refractivity contribution in [3.05, 3.63) is 52.0 Å². The lowest BCUT2D eigenvalue weighted by molar-refractivity contribution is -0.144. The van der Waals surface area contributed by atoms with E-state index < -0.39 is 28.5 Å². The number of sulfonamides is 1. The summed E-state index contributed by atoms with van der Waals surface area (Å²) in [6.45, 7) is 3.48. The minimum absolute atomic E-state index is 0.0626. The van der Waals surface area contributed by atoms with E-state index in [1.807, 2.05) is 26.0 Å². The molecule has 0 aromatic heterocycles. The van der Waals surface area contributed by atoms with Crippen LogP contribution in [0.2, 0.25) is 0 Å². The SMILES string of the molecule is Cc1cc(SCC(=O)OCC(=O)Nc2ccc(S(N)(=O)=O)cc2)c(C)cc1Br. The molecule has 0 atom stereocenters. The zero-order valence-corrected chi connectivity index (χ0v) is 18.4. The molecule has 10 heteroatoms. The van der Waals surface area contributed by atoms with Gasteiger partial charge in [0.15, 0.2) is 6.61 Å². The monoisotopic (exact) mass is 486 g/mol. The molecular formula is C18H19BrN2O5S2. The minimum atomic E-state index is -3.79. The van der Waals surface area contributed by atoms with Crippen LogP contribution in [-0.4, -0.2) is 32.7 Å². The van der Waals surface area contributed by atoms with Gasteiger partial charge in [-0.1, -0.05) is 15.9 Å². The Balaban J connectivity index is 1.81. The number of hydrogen-bond donors (Lipinski definition) is 2. The van der Waals surface area contributed by atoms with E-state index in [2.05, 4.69) is 21.2 Å². The van der Waals surface area contributed by atoms with Crippen LogP contribution in [0.3, 0.4) is 0 Å². The Morgan fingerprint density at radius 1 is 1.14 bits per heavy atom. The van der Waals surface area contributed by atoms with Crippen LogP contribution in [0.1, 0.15) is 11.1 Å². The number of rotatable bonds is 7. The molecule has 7 nitrogen and oxygen atoms in total. The largest absolute Gasteiger partial charge is 0.455 e. The van der Waals surface area contributed by atoms with Crippen molar-refractivity contribution >= 4 is 55.3 Å². The van der Waals surface area contributed by atoms with Gasteiger partial charge in [0.25, 0.3) is 5.91 Å². The number of carbonyl (C=O) groups excluding carboxylic acids is 2. The number of primary sulfonamides is 1. The third-order valence-electron chi connectivity index (χ3n) is 3.63. The van der Waals surface area contributed by atoms with Gasteiger partial charge in [0.05, 0.1) is 10.6 Å². The maximum Gasteiger partial charge on any atom is 0.316 e. The zero-order chi connectivity index (χ0) is 20.9. The second-order valence-electron chi connectivity index (χ2n) is 5.93. The predicted molar refractivity (Wildman–Crippen MR) is 112 cm³/mol. The summed E-state index contributed by atoms with van der Waals surface area (Å²) in [5.74, 6) is -0.958. The highest BCUT2D eigenvalue weighted by atomic mass is 79.9. The normalized spacial score (nSPS) is 11.1. The number of hydrogen-bond acceptors (Lipinski definition) is 6. The van der Waals surface area contributed by atoms with Gasteiger partial charge in [0, 0.05) is 15.1 Å². The van der Waals surface area contributed by atoms with Crippen molar-refractivity contribution in [3.63, 3.8) is 0 Å². The fraction of sp³-hybridized carbons (Fsp3) is 0.222. The lowest BCUT2D eigenvalue weighted by Gasteiger charge is -2.09. The van der Waals surface area contributed by atoms with Crippen LogP contribution in [0.25, 0.3) is 0 Å². The van der Waals surface area contributed by atoms with Crippen LogP contribution in [0.15, 0.2) is 50.7 Å². The van der Waals surface area contributed by atoms with Crippen molar-refractivity contribution in [2.24, 2.45) is 5.14 Å². The van der Waals surface area contributed by atoms with Crippen molar-refractivity contribution in [3.8, 4) is 0 Å². The summed E-state index contributed by atoms with van der Waals surface area (Å²) in [7, 11) is -3.79. The first-order valence-electron chi connectivity index (χ1n) is 8.04. The molecule has 0 aliphatic heterocycles. The van der Waals surface area contributed by atoms with Crippen molar-refractivity contribution in [2.45, 2.75) is 23.6 Å². The molecule has 150 valence electrons.